The van der Waals surface area contributed by atoms with Gasteiger partial charge in [-0.3, -0.25) is 19.3 Å². The van der Waals surface area contributed by atoms with E-state index in [1.54, 1.807) is 17.0 Å². The molecular weight excluding hydrogens is 372 g/mol. The Bertz CT molecular complexity index is 702. The topological polar surface area (TPSA) is 86.1 Å². The van der Waals surface area contributed by atoms with Crippen LogP contribution in [0.5, 0.6) is 0 Å². The van der Waals surface area contributed by atoms with Crippen molar-refractivity contribution in [3.8, 4) is 0 Å². The van der Waals surface area contributed by atoms with Gasteiger partial charge in [0.2, 0.25) is 11.8 Å². The van der Waals surface area contributed by atoms with Crippen LogP contribution >= 0.6 is 0 Å². The van der Waals surface area contributed by atoms with Crippen LogP contribution in [0.1, 0.15) is 44.2 Å². The first-order valence-electron chi connectivity index (χ1n) is 10.5. The fraction of sp³-hybridized carbons (Fsp3) is 0.667. The summed E-state index contributed by atoms with van der Waals surface area (Å²) in [5.41, 5.74) is 0. The average Bonchev–Trinajstić information content (AvgIpc) is 3.27. The number of carbonyl (C=O) groups excluding carboxylic acids is 3. The standard InChI is InChI=1S/C21H32N4O4/c1-15(2)22-19(26)17-6-8-23(9-7-17)16(3)20(27)24-10-12-25(13-11-24)21(28)18-5-4-14-29-18/h4-5,14-17H,6-13H2,1-3H3,(H,22,26). The number of piperidine rings is 1. The molecule has 160 valence electrons. The van der Waals surface area contributed by atoms with Crippen molar-refractivity contribution in [1.29, 1.82) is 0 Å². The molecule has 0 bridgehead atoms. The minimum absolute atomic E-state index is 0.0344. The van der Waals surface area contributed by atoms with Crippen molar-refractivity contribution in [3.05, 3.63) is 24.2 Å². The van der Waals surface area contributed by atoms with Crippen molar-refractivity contribution < 1.29 is 18.8 Å². The van der Waals surface area contributed by atoms with Crippen molar-refractivity contribution in [3.63, 3.8) is 0 Å². The lowest BCUT2D eigenvalue weighted by atomic mass is 9.94. The van der Waals surface area contributed by atoms with Crippen LogP contribution in [0.3, 0.4) is 0 Å². The lowest BCUT2D eigenvalue weighted by molar-refractivity contribution is -0.138. The molecule has 0 aliphatic carbocycles. The van der Waals surface area contributed by atoms with E-state index in [-0.39, 0.29) is 35.7 Å². The third-order valence-electron chi connectivity index (χ3n) is 5.85. The summed E-state index contributed by atoms with van der Waals surface area (Å²) in [5.74, 6) is 0.461. The average molecular weight is 405 g/mol. The second-order valence-electron chi connectivity index (χ2n) is 8.24. The Balaban J connectivity index is 1.45. The van der Waals surface area contributed by atoms with Gasteiger partial charge < -0.3 is 19.5 Å². The van der Waals surface area contributed by atoms with Crippen LogP contribution in [-0.4, -0.2) is 83.8 Å². The number of nitrogens with zero attached hydrogens (tertiary/aromatic N) is 3. The zero-order valence-electron chi connectivity index (χ0n) is 17.6. The molecule has 2 fully saturated rings. The van der Waals surface area contributed by atoms with Crippen LogP contribution in [0.25, 0.3) is 0 Å². The van der Waals surface area contributed by atoms with Crippen molar-refractivity contribution >= 4 is 17.7 Å². The molecule has 3 rings (SSSR count). The maximum Gasteiger partial charge on any atom is 0.289 e. The first-order valence-corrected chi connectivity index (χ1v) is 10.5. The number of rotatable bonds is 5. The van der Waals surface area contributed by atoms with Gasteiger partial charge in [0.05, 0.1) is 12.3 Å². The minimum atomic E-state index is -0.212. The summed E-state index contributed by atoms with van der Waals surface area (Å²) in [5, 5.41) is 2.98. The molecule has 1 aromatic rings. The van der Waals surface area contributed by atoms with E-state index in [1.165, 1.54) is 6.26 Å². The highest BCUT2D eigenvalue weighted by atomic mass is 16.3. The predicted molar refractivity (Wildman–Crippen MR) is 108 cm³/mol. The molecule has 1 aromatic heterocycles. The molecule has 8 heteroatoms. The van der Waals surface area contributed by atoms with Crippen molar-refractivity contribution in [1.82, 2.24) is 20.0 Å². The highest BCUT2D eigenvalue weighted by Crippen LogP contribution is 2.21. The fourth-order valence-corrected chi connectivity index (χ4v) is 4.06. The highest BCUT2D eigenvalue weighted by molar-refractivity contribution is 5.91. The van der Waals surface area contributed by atoms with Crippen LogP contribution in [0.2, 0.25) is 0 Å². The molecule has 8 nitrogen and oxygen atoms in total. The predicted octanol–water partition coefficient (Wildman–Crippen LogP) is 1.19. The van der Waals surface area contributed by atoms with E-state index in [9.17, 15) is 14.4 Å². The van der Waals surface area contributed by atoms with E-state index in [4.69, 9.17) is 4.42 Å². The molecule has 0 saturated carbocycles. The first kappa shape index (κ1) is 21.4. The number of piperazine rings is 1. The lowest BCUT2D eigenvalue weighted by Crippen LogP contribution is -2.56. The molecule has 2 aliphatic heterocycles. The molecule has 1 unspecified atom stereocenters. The Morgan fingerprint density at radius 3 is 2.17 bits per heavy atom. The van der Waals surface area contributed by atoms with Crippen LogP contribution in [-0.2, 0) is 9.59 Å². The van der Waals surface area contributed by atoms with Crippen LogP contribution in [0.4, 0.5) is 0 Å². The zero-order valence-corrected chi connectivity index (χ0v) is 17.6. The summed E-state index contributed by atoms with van der Waals surface area (Å²) < 4.78 is 5.18. The Morgan fingerprint density at radius 2 is 1.62 bits per heavy atom. The number of furan rings is 1. The van der Waals surface area contributed by atoms with E-state index in [1.807, 2.05) is 25.7 Å². The van der Waals surface area contributed by atoms with Crippen molar-refractivity contribution in [2.75, 3.05) is 39.3 Å². The molecule has 2 aliphatic rings. The van der Waals surface area contributed by atoms with Crippen LogP contribution in [0, 0.1) is 5.92 Å². The Kier molecular flexibility index (Phi) is 6.95. The van der Waals surface area contributed by atoms with E-state index >= 15 is 0 Å². The minimum Gasteiger partial charge on any atom is -0.459 e. The third kappa shape index (κ3) is 5.18. The van der Waals surface area contributed by atoms with E-state index in [2.05, 4.69) is 10.2 Å². The van der Waals surface area contributed by atoms with Crippen molar-refractivity contribution in [2.24, 2.45) is 5.92 Å². The molecule has 0 spiro atoms. The van der Waals surface area contributed by atoms with Gasteiger partial charge in [0.15, 0.2) is 5.76 Å². The summed E-state index contributed by atoms with van der Waals surface area (Å²) in [4.78, 5) is 43.2. The number of carbonyl (C=O) groups is 3. The van der Waals surface area contributed by atoms with Gasteiger partial charge in [-0.05, 0) is 58.8 Å². The maximum atomic E-state index is 12.9. The largest absolute Gasteiger partial charge is 0.459 e. The van der Waals surface area contributed by atoms with Gasteiger partial charge in [0.25, 0.3) is 5.91 Å². The summed E-state index contributed by atoms with van der Waals surface area (Å²) in [6.07, 6.45) is 3.05. The van der Waals surface area contributed by atoms with Gasteiger partial charge in [-0.25, -0.2) is 0 Å². The number of hydrogen-bond acceptors (Lipinski definition) is 5. The number of nitrogens with one attached hydrogen (secondary N) is 1. The molecule has 29 heavy (non-hydrogen) atoms. The Morgan fingerprint density at radius 1 is 1.00 bits per heavy atom. The van der Waals surface area contributed by atoms with Gasteiger partial charge in [0.1, 0.15) is 0 Å². The molecule has 3 heterocycles. The third-order valence-corrected chi connectivity index (χ3v) is 5.85. The van der Waals surface area contributed by atoms with E-state index in [0.717, 1.165) is 25.9 Å². The molecule has 3 amide bonds. The summed E-state index contributed by atoms with van der Waals surface area (Å²) in [7, 11) is 0. The summed E-state index contributed by atoms with van der Waals surface area (Å²) in [6.45, 7) is 9.46. The fourth-order valence-electron chi connectivity index (χ4n) is 4.06. The second-order valence-corrected chi connectivity index (χ2v) is 8.24. The number of amides is 3. The SMILES string of the molecule is CC(C)NC(=O)C1CCN(C(C)C(=O)N2CCN(C(=O)c3ccco3)CC2)CC1. The molecule has 0 aromatic carbocycles. The molecule has 1 N–H and O–H groups in total. The second kappa shape index (κ2) is 9.43. The summed E-state index contributed by atoms with van der Waals surface area (Å²) >= 11 is 0. The van der Waals surface area contributed by atoms with Crippen LogP contribution in [0.15, 0.2) is 22.8 Å². The Hall–Kier alpha value is -2.35. The smallest absolute Gasteiger partial charge is 0.289 e. The molecule has 2 saturated heterocycles. The van der Waals surface area contributed by atoms with Gasteiger partial charge in [0, 0.05) is 38.1 Å². The molecule has 1 atom stereocenters. The quantitative estimate of drug-likeness (QED) is 0.797. The number of hydrogen-bond donors (Lipinski definition) is 1. The monoisotopic (exact) mass is 404 g/mol. The van der Waals surface area contributed by atoms with E-state index in [0.29, 0.717) is 31.9 Å². The summed E-state index contributed by atoms with van der Waals surface area (Å²) in [6, 6.07) is 3.30. The zero-order chi connectivity index (χ0) is 21.0. The molecular formula is C21H32N4O4. The number of likely N-dealkylation sites (tertiary alicyclic amines) is 1. The van der Waals surface area contributed by atoms with Crippen LogP contribution < -0.4 is 5.32 Å². The highest BCUT2D eigenvalue weighted by Gasteiger charge is 2.33. The van der Waals surface area contributed by atoms with Gasteiger partial charge >= 0.3 is 0 Å². The molecule has 0 radical (unpaired) electrons. The lowest BCUT2D eigenvalue weighted by Gasteiger charge is -2.39. The van der Waals surface area contributed by atoms with Gasteiger partial charge in [-0.1, -0.05) is 0 Å². The maximum absolute atomic E-state index is 12.9. The van der Waals surface area contributed by atoms with Gasteiger partial charge in [-0.2, -0.15) is 0 Å². The van der Waals surface area contributed by atoms with Crippen molar-refractivity contribution in [2.45, 2.75) is 45.7 Å². The van der Waals surface area contributed by atoms with E-state index < -0.39 is 0 Å². The normalized spacial score (nSPS) is 20.0. The van der Waals surface area contributed by atoms with Gasteiger partial charge in [-0.15, -0.1) is 0 Å². The first-order chi connectivity index (χ1) is 13.9. The Labute approximate surface area is 172 Å².